The van der Waals surface area contributed by atoms with Gasteiger partial charge in [-0.05, 0) is 0 Å². The molecular formula is C9H23O2PS. The Morgan fingerprint density at radius 3 is 2.00 bits per heavy atom. The summed E-state index contributed by atoms with van der Waals surface area (Å²) in [4.78, 5) is 0. The Balaban J connectivity index is 3.76. The standard InChI is InChI=1S/C9H23O2PS/c1-5-8-9-13-12(4,10-6-2)11-7-3/h12H,5-9H2,1-4H3. The van der Waals surface area contributed by atoms with E-state index in [-0.39, 0.29) is 0 Å². The second-order valence-corrected chi connectivity index (χ2v) is 9.02. The monoisotopic (exact) mass is 226 g/mol. The molecule has 0 bridgehead atoms. The van der Waals surface area contributed by atoms with Crippen LogP contribution >= 0.6 is 18.3 Å². The SMILES string of the molecule is CCCCS[PH](C)(OCC)OCC. The molecule has 0 aromatic carbocycles. The quantitative estimate of drug-likeness (QED) is 0.464. The molecule has 13 heavy (non-hydrogen) atoms. The first-order chi connectivity index (χ1) is 6.18. The topological polar surface area (TPSA) is 18.5 Å². The van der Waals surface area contributed by atoms with Crippen LogP contribution in [0.2, 0.25) is 0 Å². The van der Waals surface area contributed by atoms with E-state index in [1.165, 1.54) is 18.6 Å². The van der Waals surface area contributed by atoms with Crippen LogP contribution in [0.15, 0.2) is 0 Å². The Morgan fingerprint density at radius 2 is 1.62 bits per heavy atom. The van der Waals surface area contributed by atoms with E-state index in [1.54, 1.807) is 0 Å². The van der Waals surface area contributed by atoms with Crippen LogP contribution in [0.4, 0.5) is 0 Å². The molecule has 0 aliphatic heterocycles. The summed E-state index contributed by atoms with van der Waals surface area (Å²) < 4.78 is 11.4. The van der Waals surface area contributed by atoms with Gasteiger partial charge in [0.1, 0.15) is 0 Å². The molecule has 0 aliphatic carbocycles. The van der Waals surface area contributed by atoms with Crippen molar-refractivity contribution in [2.24, 2.45) is 0 Å². The molecule has 2 nitrogen and oxygen atoms in total. The summed E-state index contributed by atoms with van der Waals surface area (Å²) in [7, 11) is 0. The first kappa shape index (κ1) is 13.7. The first-order valence-electron chi connectivity index (χ1n) is 5.10. The average Bonchev–Trinajstić information content (AvgIpc) is 2.05. The van der Waals surface area contributed by atoms with Crippen molar-refractivity contribution in [3.63, 3.8) is 0 Å². The summed E-state index contributed by atoms with van der Waals surface area (Å²) in [6.45, 7) is 8.07. The predicted molar refractivity (Wildman–Crippen MR) is 64.9 cm³/mol. The number of unbranched alkanes of at least 4 members (excludes halogenated alkanes) is 1. The molecule has 0 atom stereocenters. The molecule has 4 heteroatoms. The summed E-state index contributed by atoms with van der Waals surface area (Å²) in [5, 5.41) is 0. The normalized spacial score (nSPS) is 13.2. The summed E-state index contributed by atoms with van der Waals surface area (Å²) >= 11 is 1.89. The summed E-state index contributed by atoms with van der Waals surface area (Å²) in [5.74, 6) is 1.17. The molecule has 0 radical (unpaired) electrons. The second-order valence-electron chi connectivity index (χ2n) is 2.93. The molecule has 0 heterocycles. The fourth-order valence-electron chi connectivity index (χ4n) is 1.05. The number of rotatable bonds is 8. The van der Waals surface area contributed by atoms with E-state index < -0.39 is 6.92 Å². The molecule has 82 valence electrons. The van der Waals surface area contributed by atoms with E-state index >= 15 is 0 Å². The van der Waals surface area contributed by atoms with Gasteiger partial charge in [0.05, 0.1) is 0 Å². The Kier molecular flexibility index (Phi) is 8.48. The zero-order valence-corrected chi connectivity index (χ0v) is 11.1. The van der Waals surface area contributed by atoms with Crippen LogP contribution in [0.3, 0.4) is 0 Å². The Labute approximate surface area is 87.0 Å². The van der Waals surface area contributed by atoms with Gasteiger partial charge in [-0.15, -0.1) is 0 Å². The summed E-state index contributed by atoms with van der Waals surface area (Å²) in [5.41, 5.74) is 0. The maximum atomic E-state index is 5.70. The first-order valence-corrected chi connectivity index (χ1v) is 9.13. The predicted octanol–water partition coefficient (Wildman–Crippen LogP) is 3.72. The molecular weight excluding hydrogens is 203 g/mol. The molecule has 0 fully saturated rings. The Bertz CT molecular complexity index is 116. The minimum atomic E-state index is -1.87. The Hall–Kier alpha value is 0.700. The van der Waals surface area contributed by atoms with Crippen molar-refractivity contribution in [2.75, 3.05) is 25.6 Å². The van der Waals surface area contributed by atoms with Gasteiger partial charge < -0.3 is 0 Å². The van der Waals surface area contributed by atoms with Gasteiger partial charge >= 0.3 is 86.6 Å². The van der Waals surface area contributed by atoms with Crippen molar-refractivity contribution in [1.29, 1.82) is 0 Å². The van der Waals surface area contributed by atoms with Crippen molar-refractivity contribution >= 4 is 18.3 Å². The van der Waals surface area contributed by atoms with Crippen LogP contribution in [0.25, 0.3) is 0 Å². The molecule has 0 spiro atoms. The van der Waals surface area contributed by atoms with Gasteiger partial charge in [-0.25, -0.2) is 0 Å². The fourth-order valence-corrected chi connectivity index (χ4v) is 5.91. The minimum absolute atomic E-state index is 0.766. The van der Waals surface area contributed by atoms with E-state index in [9.17, 15) is 0 Å². The summed E-state index contributed by atoms with van der Waals surface area (Å²) in [6.07, 6.45) is 2.50. The van der Waals surface area contributed by atoms with Gasteiger partial charge in [0.15, 0.2) is 0 Å². The van der Waals surface area contributed by atoms with Crippen molar-refractivity contribution < 1.29 is 9.05 Å². The molecule has 0 aromatic rings. The van der Waals surface area contributed by atoms with Crippen LogP contribution in [-0.2, 0) is 9.05 Å². The van der Waals surface area contributed by atoms with E-state index in [2.05, 4.69) is 13.6 Å². The molecule has 0 aliphatic rings. The van der Waals surface area contributed by atoms with E-state index in [1.807, 2.05) is 25.2 Å². The third-order valence-corrected chi connectivity index (χ3v) is 7.21. The molecule has 0 rings (SSSR count). The van der Waals surface area contributed by atoms with Crippen LogP contribution < -0.4 is 0 Å². The number of hydrogen-bond acceptors (Lipinski definition) is 3. The van der Waals surface area contributed by atoms with Gasteiger partial charge in [-0.2, -0.15) is 0 Å². The van der Waals surface area contributed by atoms with E-state index in [0.717, 1.165) is 13.2 Å². The van der Waals surface area contributed by atoms with Crippen LogP contribution in [-0.4, -0.2) is 25.6 Å². The zero-order valence-electron chi connectivity index (χ0n) is 9.26. The van der Waals surface area contributed by atoms with Gasteiger partial charge in [0, 0.05) is 0 Å². The van der Waals surface area contributed by atoms with Gasteiger partial charge in [0.25, 0.3) is 0 Å². The van der Waals surface area contributed by atoms with Crippen LogP contribution in [0, 0.1) is 0 Å². The van der Waals surface area contributed by atoms with E-state index in [0.29, 0.717) is 0 Å². The van der Waals surface area contributed by atoms with Gasteiger partial charge in [0.2, 0.25) is 0 Å². The van der Waals surface area contributed by atoms with Crippen molar-refractivity contribution in [3.05, 3.63) is 0 Å². The van der Waals surface area contributed by atoms with Crippen molar-refractivity contribution in [3.8, 4) is 0 Å². The molecule has 0 N–H and O–H groups in total. The molecule has 0 saturated heterocycles. The Morgan fingerprint density at radius 1 is 1.08 bits per heavy atom. The van der Waals surface area contributed by atoms with Crippen molar-refractivity contribution in [2.45, 2.75) is 33.6 Å². The molecule has 0 aromatic heterocycles. The van der Waals surface area contributed by atoms with Crippen LogP contribution in [0.5, 0.6) is 0 Å². The molecule has 0 unspecified atom stereocenters. The maximum absolute atomic E-state index is 5.70. The van der Waals surface area contributed by atoms with Crippen molar-refractivity contribution in [1.82, 2.24) is 0 Å². The molecule has 0 amide bonds. The second kappa shape index (κ2) is 8.05. The zero-order chi connectivity index (χ0) is 10.2. The summed E-state index contributed by atoms with van der Waals surface area (Å²) in [6, 6.07) is 0. The van der Waals surface area contributed by atoms with E-state index in [4.69, 9.17) is 9.05 Å². The average molecular weight is 226 g/mol. The molecule has 0 saturated carbocycles. The number of hydrogen-bond donors (Lipinski definition) is 0. The fraction of sp³-hybridized carbons (Fsp3) is 1.00. The van der Waals surface area contributed by atoms with Gasteiger partial charge in [-0.3, -0.25) is 0 Å². The third-order valence-electron chi connectivity index (χ3n) is 1.68. The van der Waals surface area contributed by atoms with Gasteiger partial charge in [-0.1, -0.05) is 0 Å². The third kappa shape index (κ3) is 6.73. The van der Waals surface area contributed by atoms with Crippen LogP contribution in [0.1, 0.15) is 33.6 Å².